The molecule has 0 spiro atoms. The molecule has 0 radical (unpaired) electrons. The highest BCUT2D eigenvalue weighted by Crippen LogP contribution is 2.23. The Morgan fingerprint density at radius 2 is 2.04 bits per heavy atom. The molecule has 126 valence electrons. The summed E-state index contributed by atoms with van der Waals surface area (Å²) in [4.78, 5) is 16.5. The Labute approximate surface area is 155 Å². The lowest BCUT2D eigenvalue weighted by Gasteiger charge is -2.02. The Bertz CT molecular complexity index is 886. The summed E-state index contributed by atoms with van der Waals surface area (Å²) in [6, 6.07) is 15.5. The highest BCUT2D eigenvalue weighted by molar-refractivity contribution is 7.13. The Morgan fingerprint density at radius 1 is 1.24 bits per heavy atom. The molecule has 0 saturated heterocycles. The van der Waals surface area contributed by atoms with E-state index in [1.807, 2.05) is 54.8 Å². The molecule has 4 nitrogen and oxygen atoms in total. The molecule has 0 unspecified atom stereocenters. The number of amides is 1. The fraction of sp³-hybridized carbons (Fsp3) is 0.105. The van der Waals surface area contributed by atoms with Gasteiger partial charge in [-0.15, -0.1) is 11.3 Å². The molecule has 0 aliphatic heterocycles. The minimum atomic E-state index is -0.217. The minimum Gasteiger partial charge on any atom is -0.273 e. The van der Waals surface area contributed by atoms with E-state index in [9.17, 15) is 4.79 Å². The van der Waals surface area contributed by atoms with E-state index < -0.39 is 0 Å². The van der Waals surface area contributed by atoms with Crippen molar-refractivity contribution in [1.29, 1.82) is 0 Å². The van der Waals surface area contributed by atoms with E-state index in [-0.39, 0.29) is 12.3 Å². The highest BCUT2D eigenvalue weighted by Gasteiger charge is 2.08. The smallest absolute Gasteiger partial charge is 0.246 e. The molecule has 0 aliphatic rings. The average molecular weight is 370 g/mol. The summed E-state index contributed by atoms with van der Waals surface area (Å²) in [5.41, 5.74) is 6.09. The van der Waals surface area contributed by atoms with Crippen LogP contribution < -0.4 is 5.43 Å². The Hall–Kier alpha value is -2.50. The number of hydrogen-bond donors (Lipinski definition) is 1. The van der Waals surface area contributed by atoms with Crippen molar-refractivity contribution < 1.29 is 4.79 Å². The number of halogens is 1. The molecule has 0 bridgehead atoms. The van der Waals surface area contributed by atoms with Crippen LogP contribution in [0.3, 0.4) is 0 Å². The van der Waals surface area contributed by atoms with E-state index >= 15 is 0 Å². The molecule has 0 saturated carbocycles. The van der Waals surface area contributed by atoms with Gasteiger partial charge >= 0.3 is 0 Å². The van der Waals surface area contributed by atoms with Crippen LogP contribution in [0.1, 0.15) is 16.8 Å². The summed E-state index contributed by atoms with van der Waals surface area (Å²) in [5, 5.41) is 7.39. The number of aromatic nitrogens is 1. The molecule has 2 aromatic carbocycles. The van der Waals surface area contributed by atoms with Gasteiger partial charge in [0.15, 0.2) is 0 Å². The molecular formula is C19H16ClN3OS. The van der Waals surface area contributed by atoms with Gasteiger partial charge < -0.3 is 0 Å². The maximum Gasteiger partial charge on any atom is 0.246 e. The molecule has 0 atom stereocenters. The zero-order valence-corrected chi connectivity index (χ0v) is 15.1. The number of aryl methyl sites for hydroxylation is 1. The SMILES string of the molecule is Cc1cccc(Cl)c1/C=N/NC(=O)Cc1csc(-c2ccccc2)n1. The number of benzene rings is 2. The fourth-order valence-electron chi connectivity index (χ4n) is 2.28. The van der Waals surface area contributed by atoms with Crippen LogP contribution in [-0.2, 0) is 11.2 Å². The summed E-state index contributed by atoms with van der Waals surface area (Å²) in [7, 11) is 0. The lowest BCUT2D eigenvalue weighted by Crippen LogP contribution is -2.20. The largest absolute Gasteiger partial charge is 0.273 e. The zero-order valence-electron chi connectivity index (χ0n) is 13.6. The summed E-state index contributed by atoms with van der Waals surface area (Å²) in [6.45, 7) is 1.94. The normalized spacial score (nSPS) is 11.0. The third kappa shape index (κ3) is 4.53. The van der Waals surface area contributed by atoms with Crippen LogP contribution in [0.4, 0.5) is 0 Å². The van der Waals surface area contributed by atoms with Gasteiger partial charge in [0.1, 0.15) is 5.01 Å². The maximum atomic E-state index is 12.0. The molecule has 25 heavy (non-hydrogen) atoms. The first-order valence-electron chi connectivity index (χ1n) is 7.70. The Morgan fingerprint density at radius 3 is 2.80 bits per heavy atom. The molecular weight excluding hydrogens is 354 g/mol. The fourth-order valence-corrected chi connectivity index (χ4v) is 3.38. The number of nitrogens with one attached hydrogen (secondary N) is 1. The average Bonchev–Trinajstić information content (AvgIpc) is 3.07. The van der Waals surface area contributed by atoms with Crippen LogP contribution in [0.5, 0.6) is 0 Å². The molecule has 1 N–H and O–H groups in total. The summed E-state index contributed by atoms with van der Waals surface area (Å²) in [5.74, 6) is -0.217. The summed E-state index contributed by atoms with van der Waals surface area (Å²) < 4.78 is 0. The van der Waals surface area contributed by atoms with E-state index in [0.717, 1.165) is 27.4 Å². The topological polar surface area (TPSA) is 54.4 Å². The van der Waals surface area contributed by atoms with E-state index in [1.165, 1.54) is 11.3 Å². The quantitative estimate of drug-likeness (QED) is 0.533. The molecule has 6 heteroatoms. The number of thiazole rings is 1. The highest BCUT2D eigenvalue weighted by atomic mass is 35.5. The number of hydrazone groups is 1. The van der Waals surface area contributed by atoms with Crippen LogP contribution in [0, 0.1) is 6.92 Å². The number of carbonyl (C=O) groups is 1. The minimum absolute atomic E-state index is 0.183. The predicted molar refractivity (Wildman–Crippen MR) is 103 cm³/mol. The van der Waals surface area contributed by atoms with Crippen molar-refractivity contribution >= 4 is 35.1 Å². The third-order valence-electron chi connectivity index (χ3n) is 3.57. The van der Waals surface area contributed by atoms with Gasteiger partial charge in [-0.25, -0.2) is 10.4 Å². The van der Waals surface area contributed by atoms with Crippen molar-refractivity contribution in [2.75, 3.05) is 0 Å². The van der Waals surface area contributed by atoms with E-state index in [2.05, 4.69) is 15.5 Å². The van der Waals surface area contributed by atoms with E-state index in [0.29, 0.717) is 5.02 Å². The predicted octanol–water partition coefficient (Wildman–Crippen LogP) is 4.46. The zero-order chi connectivity index (χ0) is 17.6. The van der Waals surface area contributed by atoms with Gasteiger partial charge in [0.2, 0.25) is 5.91 Å². The monoisotopic (exact) mass is 369 g/mol. The van der Waals surface area contributed by atoms with Crippen molar-refractivity contribution in [3.63, 3.8) is 0 Å². The third-order valence-corrected chi connectivity index (χ3v) is 4.84. The number of hydrogen-bond acceptors (Lipinski definition) is 4. The molecule has 3 aromatic rings. The molecule has 3 rings (SSSR count). The summed E-state index contributed by atoms with van der Waals surface area (Å²) >= 11 is 7.65. The van der Waals surface area contributed by atoms with Gasteiger partial charge in [0.25, 0.3) is 0 Å². The van der Waals surface area contributed by atoms with Gasteiger partial charge in [0, 0.05) is 21.5 Å². The van der Waals surface area contributed by atoms with Gasteiger partial charge in [-0.2, -0.15) is 5.10 Å². The van der Waals surface area contributed by atoms with Crippen molar-refractivity contribution in [3.8, 4) is 10.6 Å². The van der Waals surface area contributed by atoms with E-state index in [4.69, 9.17) is 11.6 Å². The van der Waals surface area contributed by atoms with Crippen molar-refractivity contribution in [2.24, 2.45) is 5.10 Å². The maximum absolute atomic E-state index is 12.0. The van der Waals surface area contributed by atoms with Crippen LogP contribution in [0.15, 0.2) is 59.0 Å². The van der Waals surface area contributed by atoms with E-state index in [1.54, 1.807) is 12.3 Å². The Balaban J connectivity index is 1.60. The van der Waals surface area contributed by atoms with Crippen LogP contribution in [0.2, 0.25) is 5.02 Å². The van der Waals surface area contributed by atoms with Crippen LogP contribution >= 0.6 is 22.9 Å². The first kappa shape index (κ1) is 17.3. The van der Waals surface area contributed by atoms with Gasteiger partial charge in [0.05, 0.1) is 18.3 Å². The second-order valence-corrected chi connectivity index (χ2v) is 6.72. The van der Waals surface area contributed by atoms with Crippen LogP contribution in [0.25, 0.3) is 10.6 Å². The standard InChI is InChI=1S/C19H16ClN3OS/c1-13-6-5-9-17(20)16(13)11-21-23-18(24)10-15-12-25-19(22-15)14-7-3-2-4-8-14/h2-9,11-12H,10H2,1H3,(H,23,24)/b21-11+. The molecule has 0 aliphatic carbocycles. The second-order valence-electron chi connectivity index (χ2n) is 5.45. The number of carbonyl (C=O) groups excluding carboxylic acids is 1. The first-order chi connectivity index (χ1) is 12.1. The van der Waals surface area contributed by atoms with Gasteiger partial charge in [-0.1, -0.05) is 54.1 Å². The Kier molecular flexibility index (Phi) is 5.58. The number of rotatable bonds is 5. The molecule has 1 amide bonds. The molecule has 1 heterocycles. The first-order valence-corrected chi connectivity index (χ1v) is 8.96. The molecule has 1 aromatic heterocycles. The second kappa shape index (κ2) is 8.05. The van der Waals surface area contributed by atoms with Crippen molar-refractivity contribution in [3.05, 3.63) is 75.8 Å². The summed E-state index contributed by atoms with van der Waals surface area (Å²) in [6.07, 6.45) is 1.74. The van der Waals surface area contributed by atoms with Crippen molar-refractivity contribution in [1.82, 2.24) is 10.4 Å². The molecule has 0 fully saturated rings. The number of nitrogens with zero attached hydrogens (tertiary/aromatic N) is 2. The van der Waals surface area contributed by atoms with Crippen molar-refractivity contribution in [2.45, 2.75) is 13.3 Å². The van der Waals surface area contributed by atoms with Gasteiger partial charge in [-0.3, -0.25) is 4.79 Å². The van der Waals surface area contributed by atoms with Crippen LogP contribution in [-0.4, -0.2) is 17.1 Å². The van der Waals surface area contributed by atoms with Gasteiger partial charge in [-0.05, 0) is 18.6 Å². The lowest BCUT2D eigenvalue weighted by molar-refractivity contribution is -0.120. The lowest BCUT2D eigenvalue weighted by atomic mass is 10.1.